The predicted molar refractivity (Wildman–Crippen MR) is 81.4 cm³/mol. The number of aromatic nitrogens is 1. The van der Waals surface area contributed by atoms with Crippen molar-refractivity contribution in [1.82, 2.24) is 10.3 Å². The van der Waals surface area contributed by atoms with Gasteiger partial charge in [-0.15, -0.1) is 0 Å². The third-order valence-corrected chi connectivity index (χ3v) is 3.74. The van der Waals surface area contributed by atoms with Crippen molar-refractivity contribution in [3.8, 4) is 0 Å². The number of para-hydroxylation sites is 1. The summed E-state index contributed by atoms with van der Waals surface area (Å²) < 4.78 is 5.53. The number of hydrogen-bond donors (Lipinski definition) is 1. The van der Waals surface area contributed by atoms with E-state index < -0.39 is 0 Å². The highest BCUT2D eigenvalue weighted by molar-refractivity contribution is 5.82. The van der Waals surface area contributed by atoms with E-state index in [0.29, 0.717) is 0 Å². The maximum Gasteiger partial charge on any atom is 0.0876 e. The van der Waals surface area contributed by atoms with Crippen molar-refractivity contribution in [3.05, 3.63) is 53.9 Å². The molecular formula is C17H20N2O. The van der Waals surface area contributed by atoms with Crippen LogP contribution in [-0.2, 0) is 4.74 Å². The molecule has 0 saturated carbocycles. The molecule has 1 aromatic heterocycles. The van der Waals surface area contributed by atoms with Crippen molar-refractivity contribution in [1.29, 1.82) is 0 Å². The van der Waals surface area contributed by atoms with Gasteiger partial charge in [0.1, 0.15) is 0 Å². The second kappa shape index (κ2) is 6.06. The van der Waals surface area contributed by atoms with Crippen molar-refractivity contribution >= 4 is 10.9 Å². The number of benzene rings is 1. The number of ether oxygens (including phenoxy) is 1. The lowest BCUT2D eigenvalue weighted by atomic mass is 9.93. The Kier molecular flexibility index (Phi) is 3.97. The topological polar surface area (TPSA) is 34.1 Å². The summed E-state index contributed by atoms with van der Waals surface area (Å²) in [5.41, 5.74) is 3.66. The molecule has 3 rings (SSSR count). The number of likely N-dealkylation sites (N-methyl/N-ethyl adjacent to an activating group) is 1. The monoisotopic (exact) mass is 268 g/mol. The van der Waals surface area contributed by atoms with Crippen molar-refractivity contribution < 1.29 is 4.74 Å². The van der Waals surface area contributed by atoms with Crippen LogP contribution >= 0.6 is 0 Å². The maximum absolute atomic E-state index is 5.53. The van der Waals surface area contributed by atoms with Crippen LogP contribution in [0, 0.1) is 0 Å². The summed E-state index contributed by atoms with van der Waals surface area (Å²) in [6.45, 7) is 3.90. The third-order valence-electron chi connectivity index (χ3n) is 3.74. The van der Waals surface area contributed by atoms with Gasteiger partial charge in [0.05, 0.1) is 24.4 Å². The van der Waals surface area contributed by atoms with Crippen molar-refractivity contribution in [2.75, 3.05) is 13.2 Å². The molecule has 1 aliphatic heterocycles. The van der Waals surface area contributed by atoms with Crippen molar-refractivity contribution in [3.63, 3.8) is 0 Å². The first-order valence-electron chi connectivity index (χ1n) is 7.27. The van der Waals surface area contributed by atoms with E-state index in [9.17, 15) is 0 Å². The second-order valence-electron chi connectivity index (χ2n) is 5.08. The van der Waals surface area contributed by atoms with Gasteiger partial charge in [-0.05, 0) is 42.7 Å². The molecule has 0 amide bonds. The van der Waals surface area contributed by atoms with Crippen LogP contribution in [-0.4, -0.2) is 18.1 Å². The van der Waals surface area contributed by atoms with E-state index in [4.69, 9.17) is 4.74 Å². The molecule has 1 aliphatic rings. The zero-order valence-corrected chi connectivity index (χ0v) is 11.8. The van der Waals surface area contributed by atoms with E-state index >= 15 is 0 Å². The Morgan fingerprint density at radius 1 is 1.30 bits per heavy atom. The maximum atomic E-state index is 5.53. The number of rotatable bonds is 4. The molecule has 3 nitrogen and oxygen atoms in total. The smallest absolute Gasteiger partial charge is 0.0876 e. The van der Waals surface area contributed by atoms with Gasteiger partial charge in [-0.3, -0.25) is 4.98 Å². The Morgan fingerprint density at radius 2 is 2.20 bits per heavy atom. The van der Waals surface area contributed by atoms with E-state index in [1.165, 1.54) is 16.5 Å². The molecule has 1 atom stereocenters. The van der Waals surface area contributed by atoms with Crippen molar-refractivity contribution in [2.24, 2.45) is 0 Å². The summed E-state index contributed by atoms with van der Waals surface area (Å²) >= 11 is 0. The van der Waals surface area contributed by atoms with Crippen molar-refractivity contribution in [2.45, 2.75) is 25.8 Å². The summed E-state index contributed by atoms with van der Waals surface area (Å²) in [6, 6.07) is 10.6. The minimum atomic E-state index is 0.216. The highest BCUT2D eigenvalue weighted by Gasteiger charge is 2.20. The lowest BCUT2D eigenvalue weighted by Gasteiger charge is -2.25. The van der Waals surface area contributed by atoms with Gasteiger partial charge in [-0.25, -0.2) is 0 Å². The van der Waals surface area contributed by atoms with Gasteiger partial charge in [0.2, 0.25) is 0 Å². The molecule has 0 fully saturated rings. The number of pyridine rings is 1. The summed E-state index contributed by atoms with van der Waals surface area (Å²) in [5, 5.41) is 4.80. The average molecular weight is 268 g/mol. The van der Waals surface area contributed by atoms with E-state index in [1.54, 1.807) is 0 Å². The second-order valence-corrected chi connectivity index (χ2v) is 5.08. The zero-order valence-electron chi connectivity index (χ0n) is 11.8. The summed E-state index contributed by atoms with van der Waals surface area (Å²) in [7, 11) is 0. The third kappa shape index (κ3) is 2.54. The van der Waals surface area contributed by atoms with Crippen LogP contribution in [0.5, 0.6) is 0 Å². The number of fused-ring (bicyclic) bond motifs is 1. The molecule has 1 unspecified atom stereocenters. The first-order chi connectivity index (χ1) is 9.90. The van der Waals surface area contributed by atoms with E-state index in [0.717, 1.165) is 31.5 Å². The van der Waals surface area contributed by atoms with E-state index in [-0.39, 0.29) is 6.04 Å². The summed E-state index contributed by atoms with van der Waals surface area (Å²) in [6.07, 6.45) is 6.02. The standard InChI is InChI=1S/C17H20N2O/c1-2-18-17(13-6-5-11-20-12-13)15-9-10-19-16-8-4-3-7-14(15)16/h3-4,7-10,12,17-18H,2,5-6,11H2,1H3. The molecule has 2 heterocycles. The fraction of sp³-hybridized carbons (Fsp3) is 0.353. The van der Waals surface area contributed by atoms with Gasteiger partial charge in [0.25, 0.3) is 0 Å². The van der Waals surface area contributed by atoms with Crippen LogP contribution in [0.3, 0.4) is 0 Å². The van der Waals surface area contributed by atoms with Crippen LogP contribution in [0.4, 0.5) is 0 Å². The van der Waals surface area contributed by atoms with Gasteiger partial charge in [-0.1, -0.05) is 25.1 Å². The van der Waals surface area contributed by atoms with Gasteiger partial charge < -0.3 is 10.1 Å². The first kappa shape index (κ1) is 13.1. The molecule has 104 valence electrons. The molecule has 3 heteroatoms. The Hall–Kier alpha value is -1.87. The number of hydrogen-bond acceptors (Lipinski definition) is 3. The Bertz CT molecular complexity index is 616. The van der Waals surface area contributed by atoms with Gasteiger partial charge in [-0.2, -0.15) is 0 Å². The fourth-order valence-corrected chi connectivity index (χ4v) is 2.81. The minimum Gasteiger partial charge on any atom is -0.501 e. The lowest BCUT2D eigenvalue weighted by molar-refractivity contribution is 0.219. The quantitative estimate of drug-likeness (QED) is 0.920. The van der Waals surface area contributed by atoms with Crippen LogP contribution in [0.2, 0.25) is 0 Å². The lowest BCUT2D eigenvalue weighted by Crippen LogP contribution is -2.24. The highest BCUT2D eigenvalue weighted by atomic mass is 16.5. The Morgan fingerprint density at radius 3 is 3.00 bits per heavy atom. The SMILES string of the molecule is CCNC(C1=COCCC1)c1ccnc2ccccc12. The fourth-order valence-electron chi connectivity index (χ4n) is 2.81. The van der Waals surface area contributed by atoms with Crippen LogP contribution in [0.1, 0.15) is 31.4 Å². The largest absolute Gasteiger partial charge is 0.501 e. The van der Waals surface area contributed by atoms with Gasteiger partial charge >= 0.3 is 0 Å². The zero-order chi connectivity index (χ0) is 13.8. The van der Waals surface area contributed by atoms with Crippen LogP contribution < -0.4 is 5.32 Å². The van der Waals surface area contributed by atoms with Gasteiger partial charge in [0, 0.05) is 11.6 Å². The van der Waals surface area contributed by atoms with E-state index in [1.807, 2.05) is 18.5 Å². The molecular weight excluding hydrogens is 248 g/mol. The number of nitrogens with one attached hydrogen (secondary N) is 1. The molecule has 2 aromatic rings. The normalized spacial score (nSPS) is 16.6. The highest BCUT2D eigenvalue weighted by Crippen LogP contribution is 2.31. The first-order valence-corrected chi connectivity index (χ1v) is 7.27. The molecule has 0 bridgehead atoms. The predicted octanol–water partition coefficient (Wildman–Crippen LogP) is 3.58. The summed E-state index contributed by atoms with van der Waals surface area (Å²) in [5.74, 6) is 0. The molecule has 0 radical (unpaired) electrons. The number of nitrogens with zero attached hydrogens (tertiary/aromatic N) is 1. The Balaban J connectivity index is 2.07. The van der Waals surface area contributed by atoms with Gasteiger partial charge in [0.15, 0.2) is 0 Å². The molecule has 0 aliphatic carbocycles. The van der Waals surface area contributed by atoms with Crippen LogP contribution in [0.25, 0.3) is 10.9 Å². The molecule has 1 aromatic carbocycles. The average Bonchev–Trinajstić information content (AvgIpc) is 2.53. The molecule has 0 saturated heterocycles. The van der Waals surface area contributed by atoms with E-state index in [2.05, 4.69) is 41.5 Å². The molecule has 0 spiro atoms. The Labute approximate surface area is 119 Å². The van der Waals surface area contributed by atoms with Crippen LogP contribution in [0.15, 0.2) is 48.4 Å². The summed E-state index contributed by atoms with van der Waals surface area (Å²) in [4.78, 5) is 4.45. The minimum absolute atomic E-state index is 0.216. The molecule has 1 N–H and O–H groups in total. The molecule has 20 heavy (non-hydrogen) atoms.